The number of nitrogens with zero attached hydrogens (tertiary/aromatic N) is 3. The number of carbonyl (C=O) groups is 2. The maximum Gasteiger partial charge on any atom is 0.251 e. The van der Waals surface area contributed by atoms with Gasteiger partial charge in [0.05, 0.1) is 6.54 Å². The summed E-state index contributed by atoms with van der Waals surface area (Å²) in [6, 6.07) is 8.27. The van der Waals surface area contributed by atoms with E-state index in [4.69, 9.17) is 0 Å². The van der Waals surface area contributed by atoms with Gasteiger partial charge < -0.3 is 10.6 Å². The lowest BCUT2D eigenvalue weighted by Gasteiger charge is -2.23. The quantitative estimate of drug-likeness (QED) is 0.801. The first kappa shape index (κ1) is 17.7. The Bertz CT molecular complexity index is 683. The number of carbonyl (C=O) groups excluding carboxylic acids is 2. The molecule has 0 aliphatic rings. The van der Waals surface area contributed by atoms with E-state index in [-0.39, 0.29) is 24.3 Å². The van der Waals surface area contributed by atoms with Crippen LogP contribution in [0, 0.1) is 5.92 Å². The highest BCUT2D eigenvalue weighted by atomic mass is 16.2. The van der Waals surface area contributed by atoms with E-state index in [2.05, 4.69) is 20.7 Å². The summed E-state index contributed by atoms with van der Waals surface area (Å²) in [5, 5.41) is 9.62. The number of aryl methyl sites for hydroxylation is 1. The van der Waals surface area contributed by atoms with Gasteiger partial charge in [-0.2, -0.15) is 5.10 Å². The van der Waals surface area contributed by atoms with Gasteiger partial charge >= 0.3 is 0 Å². The normalized spacial score (nSPS) is 13.1. The van der Waals surface area contributed by atoms with E-state index in [0.29, 0.717) is 11.4 Å². The van der Waals surface area contributed by atoms with Crippen LogP contribution in [0.5, 0.6) is 0 Å². The second-order valence-electron chi connectivity index (χ2n) is 5.72. The summed E-state index contributed by atoms with van der Waals surface area (Å²) in [6.07, 6.45) is 2.21. The zero-order valence-electron chi connectivity index (χ0n) is 14.2. The minimum Gasteiger partial charge on any atom is -0.347 e. The summed E-state index contributed by atoms with van der Waals surface area (Å²) in [7, 11) is 1.76. The number of amides is 2. The predicted molar refractivity (Wildman–Crippen MR) is 90.0 cm³/mol. The molecule has 0 aliphatic carbocycles. The molecule has 1 aromatic heterocycles. The van der Waals surface area contributed by atoms with Crippen LogP contribution in [0.4, 0.5) is 0 Å². The van der Waals surface area contributed by atoms with Gasteiger partial charge in [0.25, 0.3) is 5.91 Å². The zero-order chi connectivity index (χ0) is 17.5. The molecule has 7 heteroatoms. The Kier molecular flexibility index (Phi) is 6.06. The van der Waals surface area contributed by atoms with Crippen molar-refractivity contribution in [3.8, 4) is 0 Å². The Hall–Kier alpha value is -2.70. The second-order valence-corrected chi connectivity index (χ2v) is 5.72. The van der Waals surface area contributed by atoms with Gasteiger partial charge in [0.2, 0.25) is 5.91 Å². The third-order valence-electron chi connectivity index (χ3n) is 4.04. The molecule has 0 fully saturated rings. The van der Waals surface area contributed by atoms with Gasteiger partial charge in [-0.25, -0.2) is 4.98 Å². The Labute approximate surface area is 141 Å². The molecule has 7 nitrogen and oxygen atoms in total. The Morgan fingerprint density at radius 3 is 2.54 bits per heavy atom. The summed E-state index contributed by atoms with van der Waals surface area (Å²) < 4.78 is 1.60. The highest BCUT2D eigenvalue weighted by Gasteiger charge is 2.26. The van der Waals surface area contributed by atoms with Crippen molar-refractivity contribution in [3.05, 3.63) is 48.0 Å². The lowest BCUT2D eigenvalue weighted by atomic mass is 9.98. The molecule has 0 aliphatic heterocycles. The molecule has 2 amide bonds. The molecule has 0 spiro atoms. The molecule has 2 N–H and O–H groups in total. The molecule has 1 aromatic carbocycles. The Morgan fingerprint density at radius 2 is 1.96 bits per heavy atom. The minimum absolute atomic E-state index is 0.0113. The van der Waals surface area contributed by atoms with Crippen LogP contribution in [0.2, 0.25) is 0 Å². The van der Waals surface area contributed by atoms with E-state index in [9.17, 15) is 9.59 Å². The molecule has 1 heterocycles. The van der Waals surface area contributed by atoms with Crippen LogP contribution in [0.1, 0.15) is 36.5 Å². The molecule has 24 heavy (non-hydrogen) atoms. The van der Waals surface area contributed by atoms with Crippen molar-refractivity contribution < 1.29 is 9.59 Å². The average molecular weight is 329 g/mol. The number of nitrogens with one attached hydrogen (secondary N) is 2. The molecule has 0 bridgehead atoms. The van der Waals surface area contributed by atoms with Crippen molar-refractivity contribution in [1.82, 2.24) is 25.4 Å². The van der Waals surface area contributed by atoms with Gasteiger partial charge in [-0.3, -0.25) is 14.3 Å². The molecular formula is C17H23N5O2. The standard InChI is InChI=1S/C17H23N5O2/c1-4-12(2)15(21-16(23)13-8-6-5-7-9-13)17(24)18-10-14-19-11-20-22(14)3/h5-9,11-12,15H,4,10H2,1-3H3,(H,18,24)(H,21,23)/t12-,15-/m0/s1. The fourth-order valence-electron chi connectivity index (χ4n) is 2.27. The summed E-state index contributed by atoms with van der Waals surface area (Å²) in [6.45, 7) is 4.20. The molecule has 2 aromatic rings. The third-order valence-corrected chi connectivity index (χ3v) is 4.04. The maximum absolute atomic E-state index is 12.5. The van der Waals surface area contributed by atoms with Crippen molar-refractivity contribution in [1.29, 1.82) is 0 Å². The van der Waals surface area contributed by atoms with Crippen LogP contribution in [-0.4, -0.2) is 32.6 Å². The maximum atomic E-state index is 12.5. The monoisotopic (exact) mass is 329 g/mol. The second kappa shape index (κ2) is 8.24. The molecule has 128 valence electrons. The lowest BCUT2D eigenvalue weighted by molar-refractivity contribution is -0.124. The molecule has 0 radical (unpaired) electrons. The van der Waals surface area contributed by atoms with Crippen molar-refractivity contribution in [2.24, 2.45) is 13.0 Å². The number of rotatable bonds is 7. The minimum atomic E-state index is -0.601. The van der Waals surface area contributed by atoms with Gasteiger partial charge in [0.1, 0.15) is 18.2 Å². The summed E-state index contributed by atoms with van der Waals surface area (Å²) in [4.78, 5) is 29.0. The Balaban J connectivity index is 2.03. The topological polar surface area (TPSA) is 88.9 Å². The SMILES string of the molecule is CC[C@H](C)[C@H](NC(=O)c1ccccc1)C(=O)NCc1ncnn1C. The van der Waals surface area contributed by atoms with Gasteiger partial charge in [-0.1, -0.05) is 38.5 Å². The van der Waals surface area contributed by atoms with Crippen LogP contribution in [-0.2, 0) is 18.4 Å². The molecule has 0 saturated heterocycles. The largest absolute Gasteiger partial charge is 0.347 e. The van der Waals surface area contributed by atoms with Gasteiger partial charge in [0.15, 0.2) is 0 Å². The first-order chi connectivity index (χ1) is 11.5. The smallest absolute Gasteiger partial charge is 0.251 e. The molecule has 2 rings (SSSR count). The number of benzene rings is 1. The first-order valence-electron chi connectivity index (χ1n) is 7.99. The summed E-state index contributed by atoms with van der Waals surface area (Å²) in [5.41, 5.74) is 0.534. The highest BCUT2D eigenvalue weighted by molar-refractivity contribution is 5.97. The van der Waals surface area contributed by atoms with Crippen LogP contribution < -0.4 is 10.6 Å². The van der Waals surface area contributed by atoms with Crippen LogP contribution in [0.3, 0.4) is 0 Å². The highest BCUT2D eigenvalue weighted by Crippen LogP contribution is 2.10. The van der Waals surface area contributed by atoms with E-state index < -0.39 is 6.04 Å². The van der Waals surface area contributed by atoms with Crippen molar-refractivity contribution in [2.75, 3.05) is 0 Å². The summed E-state index contributed by atoms with van der Waals surface area (Å²) >= 11 is 0. The average Bonchev–Trinajstić information content (AvgIpc) is 3.02. The third kappa shape index (κ3) is 4.41. The van der Waals surface area contributed by atoms with Crippen LogP contribution in [0.25, 0.3) is 0 Å². The Morgan fingerprint density at radius 1 is 1.25 bits per heavy atom. The molecular weight excluding hydrogens is 306 g/mol. The van der Waals surface area contributed by atoms with Gasteiger partial charge in [-0.05, 0) is 18.1 Å². The number of hydrogen-bond acceptors (Lipinski definition) is 4. The van der Waals surface area contributed by atoms with Gasteiger partial charge in [-0.15, -0.1) is 0 Å². The lowest BCUT2D eigenvalue weighted by Crippen LogP contribution is -2.50. The van der Waals surface area contributed by atoms with Crippen molar-refractivity contribution in [3.63, 3.8) is 0 Å². The van der Waals surface area contributed by atoms with Crippen molar-refractivity contribution >= 4 is 11.8 Å². The van der Waals surface area contributed by atoms with E-state index in [0.717, 1.165) is 6.42 Å². The van der Waals surface area contributed by atoms with E-state index in [1.165, 1.54) is 6.33 Å². The van der Waals surface area contributed by atoms with E-state index in [1.54, 1.807) is 36.0 Å². The first-order valence-corrected chi connectivity index (χ1v) is 7.99. The predicted octanol–water partition coefficient (Wildman–Crippen LogP) is 1.28. The van der Waals surface area contributed by atoms with Crippen LogP contribution in [0.15, 0.2) is 36.7 Å². The fourth-order valence-corrected chi connectivity index (χ4v) is 2.27. The van der Waals surface area contributed by atoms with Gasteiger partial charge in [0, 0.05) is 12.6 Å². The molecule has 0 unspecified atom stereocenters. The molecule has 2 atom stereocenters. The number of hydrogen-bond donors (Lipinski definition) is 2. The van der Waals surface area contributed by atoms with E-state index in [1.807, 2.05) is 19.9 Å². The number of aromatic nitrogens is 3. The zero-order valence-corrected chi connectivity index (χ0v) is 14.2. The van der Waals surface area contributed by atoms with Crippen LogP contribution >= 0.6 is 0 Å². The van der Waals surface area contributed by atoms with Crippen molar-refractivity contribution in [2.45, 2.75) is 32.9 Å². The van der Waals surface area contributed by atoms with E-state index >= 15 is 0 Å². The fraction of sp³-hybridized carbons (Fsp3) is 0.412. The summed E-state index contributed by atoms with van der Waals surface area (Å²) in [5.74, 6) is 0.184. The molecule has 0 saturated carbocycles.